The van der Waals surface area contributed by atoms with Crippen molar-refractivity contribution in [2.75, 3.05) is 14.2 Å². The van der Waals surface area contributed by atoms with Crippen LogP contribution in [0, 0.1) is 0 Å². The molecule has 0 unspecified atom stereocenters. The number of carboxylic acid groups (broad SMARTS) is 1. The van der Waals surface area contributed by atoms with Crippen LogP contribution in [0.4, 0.5) is 0 Å². The summed E-state index contributed by atoms with van der Waals surface area (Å²) in [5.74, 6) is -0.333. The lowest BCUT2D eigenvalue weighted by molar-refractivity contribution is 0.0695. The minimum Gasteiger partial charge on any atom is -0.497 e. The zero-order valence-corrected chi connectivity index (χ0v) is 13.1. The number of ether oxygens (including phenoxy) is 2. The second-order valence-electron chi connectivity index (χ2n) is 5.10. The molecule has 0 saturated carbocycles. The van der Waals surface area contributed by atoms with Gasteiger partial charge in [0.2, 0.25) is 5.43 Å². The number of hydrogen-bond acceptors (Lipinski definition) is 4. The van der Waals surface area contributed by atoms with Gasteiger partial charge in [-0.25, -0.2) is 4.79 Å². The van der Waals surface area contributed by atoms with Crippen molar-refractivity contribution < 1.29 is 19.4 Å². The average Bonchev–Trinajstić information content (AvgIpc) is 2.61. The molecule has 3 aromatic rings. The van der Waals surface area contributed by atoms with E-state index in [1.165, 1.54) is 13.3 Å². The van der Waals surface area contributed by atoms with Crippen LogP contribution in [0.25, 0.3) is 16.6 Å². The molecule has 0 atom stereocenters. The van der Waals surface area contributed by atoms with E-state index in [9.17, 15) is 14.7 Å². The van der Waals surface area contributed by atoms with Crippen LogP contribution in [0.3, 0.4) is 0 Å². The quantitative estimate of drug-likeness (QED) is 0.798. The van der Waals surface area contributed by atoms with Crippen LogP contribution in [0.2, 0.25) is 0 Å². The third-order valence-electron chi connectivity index (χ3n) is 3.78. The molecule has 2 aromatic carbocycles. The molecule has 1 heterocycles. The van der Waals surface area contributed by atoms with Crippen LogP contribution in [0.15, 0.2) is 53.5 Å². The molecule has 0 aliphatic rings. The Bertz CT molecular complexity index is 990. The van der Waals surface area contributed by atoms with E-state index < -0.39 is 11.4 Å². The fourth-order valence-electron chi connectivity index (χ4n) is 2.64. The number of benzene rings is 2. The maximum absolute atomic E-state index is 12.6. The Morgan fingerprint density at radius 2 is 1.83 bits per heavy atom. The average molecular weight is 325 g/mol. The third kappa shape index (κ3) is 2.48. The molecule has 0 fully saturated rings. The number of rotatable bonds is 4. The van der Waals surface area contributed by atoms with Crippen LogP contribution in [0.1, 0.15) is 10.4 Å². The van der Waals surface area contributed by atoms with Crippen LogP contribution >= 0.6 is 0 Å². The first kappa shape index (κ1) is 15.6. The second-order valence-corrected chi connectivity index (χ2v) is 5.10. The van der Waals surface area contributed by atoms with Crippen LogP contribution < -0.4 is 14.9 Å². The predicted octanol–water partition coefficient (Wildman–Crippen LogP) is 2.71. The fourth-order valence-corrected chi connectivity index (χ4v) is 2.64. The molecule has 0 saturated heterocycles. The number of aromatic carboxylic acids is 1. The molecule has 3 rings (SSSR count). The van der Waals surface area contributed by atoms with Gasteiger partial charge in [-0.1, -0.05) is 12.1 Å². The highest BCUT2D eigenvalue weighted by molar-refractivity contribution is 5.95. The summed E-state index contributed by atoms with van der Waals surface area (Å²) in [7, 11) is 2.99. The molecular weight excluding hydrogens is 310 g/mol. The van der Waals surface area contributed by atoms with E-state index in [-0.39, 0.29) is 10.9 Å². The van der Waals surface area contributed by atoms with Crippen LogP contribution in [0.5, 0.6) is 11.5 Å². The lowest BCUT2D eigenvalue weighted by atomic mass is 10.1. The van der Waals surface area contributed by atoms with E-state index in [1.807, 2.05) is 0 Å². The smallest absolute Gasteiger partial charge is 0.341 e. The molecule has 0 amide bonds. The van der Waals surface area contributed by atoms with E-state index in [0.29, 0.717) is 22.7 Å². The lowest BCUT2D eigenvalue weighted by Gasteiger charge is -2.15. The SMILES string of the molecule is COc1cccc(-n2cc(C(=O)O)c(=O)c3c(OC)cccc32)c1. The van der Waals surface area contributed by atoms with Gasteiger partial charge < -0.3 is 19.1 Å². The van der Waals surface area contributed by atoms with E-state index in [0.717, 1.165) is 0 Å². The van der Waals surface area contributed by atoms with Crippen molar-refractivity contribution >= 4 is 16.9 Å². The number of fused-ring (bicyclic) bond motifs is 1. The molecule has 0 aliphatic carbocycles. The lowest BCUT2D eigenvalue weighted by Crippen LogP contribution is -2.19. The minimum absolute atomic E-state index is 0.225. The monoisotopic (exact) mass is 325 g/mol. The molecule has 6 heteroatoms. The Morgan fingerprint density at radius 3 is 2.50 bits per heavy atom. The van der Waals surface area contributed by atoms with Crippen LogP contribution in [-0.4, -0.2) is 29.9 Å². The van der Waals surface area contributed by atoms with Gasteiger partial charge in [-0.2, -0.15) is 0 Å². The second kappa shape index (κ2) is 6.08. The minimum atomic E-state index is -1.29. The number of aromatic nitrogens is 1. The molecule has 1 aromatic heterocycles. The summed E-state index contributed by atoms with van der Waals surface area (Å²) < 4.78 is 12.1. The summed E-state index contributed by atoms with van der Waals surface area (Å²) in [5.41, 5.74) is 0.330. The first-order valence-corrected chi connectivity index (χ1v) is 7.17. The molecule has 0 radical (unpaired) electrons. The number of hydrogen-bond donors (Lipinski definition) is 1. The standard InChI is InChI=1S/C18H15NO5/c1-23-12-6-3-5-11(9-12)19-10-13(18(21)22)17(20)16-14(19)7-4-8-15(16)24-2/h3-10H,1-2H3,(H,21,22). The summed E-state index contributed by atoms with van der Waals surface area (Å²) in [6.07, 6.45) is 1.32. The van der Waals surface area contributed by atoms with Crippen molar-refractivity contribution in [1.82, 2.24) is 4.57 Å². The topological polar surface area (TPSA) is 77.8 Å². The number of nitrogens with zero attached hydrogens (tertiary/aromatic N) is 1. The maximum atomic E-state index is 12.6. The van der Waals surface area contributed by atoms with Gasteiger partial charge in [0.05, 0.1) is 25.1 Å². The highest BCUT2D eigenvalue weighted by atomic mass is 16.5. The maximum Gasteiger partial charge on any atom is 0.341 e. The van der Waals surface area contributed by atoms with Crippen molar-refractivity contribution in [2.45, 2.75) is 0 Å². The van der Waals surface area contributed by atoms with Crippen LogP contribution in [-0.2, 0) is 0 Å². The molecule has 0 spiro atoms. The Balaban J connectivity index is 2.45. The van der Waals surface area contributed by atoms with Gasteiger partial charge in [0, 0.05) is 18.0 Å². The zero-order chi connectivity index (χ0) is 17.3. The Morgan fingerprint density at radius 1 is 1.08 bits per heavy atom. The molecule has 6 nitrogen and oxygen atoms in total. The van der Waals surface area contributed by atoms with Crippen molar-refractivity contribution in [3.8, 4) is 17.2 Å². The van der Waals surface area contributed by atoms with Gasteiger partial charge in [0.15, 0.2) is 0 Å². The summed E-state index contributed by atoms with van der Waals surface area (Å²) in [6.45, 7) is 0. The Kier molecular flexibility index (Phi) is 3.95. The molecule has 1 N–H and O–H groups in total. The normalized spacial score (nSPS) is 10.6. The van der Waals surface area contributed by atoms with E-state index >= 15 is 0 Å². The summed E-state index contributed by atoms with van der Waals surface area (Å²) in [5, 5.41) is 9.61. The molecule has 122 valence electrons. The van der Waals surface area contributed by atoms with Gasteiger partial charge in [-0.05, 0) is 24.3 Å². The zero-order valence-electron chi connectivity index (χ0n) is 13.1. The number of carboxylic acids is 1. The third-order valence-corrected chi connectivity index (χ3v) is 3.78. The first-order valence-electron chi connectivity index (χ1n) is 7.17. The fraction of sp³-hybridized carbons (Fsp3) is 0.111. The van der Waals surface area contributed by atoms with Crippen molar-refractivity contribution in [1.29, 1.82) is 0 Å². The summed E-state index contributed by atoms with van der Waals surface area (Å²) in [4.78, 5) is 24.1. The molecule has 0 aliphatic heterocycles. The predicted molar refractivity (Wildman–Crippen MR) is 89.6 cm³/mol. The van der Waals surface area contributed by atoms with Gasteiger partial charge in [-0.3, -0.25) is 4.79 Å². The van der Waals surface area contributed by atoms with Gasteiger partial charge in [0.25, 0.3) is 0 Å². The van der Waals surface area contributed by atoms with Crippen molar-refractivity contribution in [3.05, 3.63) is 64.4 Å². The molecular formula is C18H15NO5. The van der Waals surface area contributed by atoms with E-state index in [1.54, 1.807) is 54.1 Å². The Labute approximate surface area is 137 Å². The van der Waals surface area contributed by atoms with E-state index in [2.05, 4.69) is 0 Å². The van der Waals surface area contributed by atoms with Gasteiger partial charge in [0.1, 0.15) is 17.1 Å². The van der Waals surface area contributed by atoms with E-state index in [4.69, 9.17) is 9.47 Å². The molecule has 24 heavy (non-hydrogen) atoms. The first-order chi connectivity index (χ1) is 11.6. The summed E-state index contributed by atoms with van der Waals surface area (Å²) in [6, 6.07) is 12.3. The number of carbonyl (C=O) groups is 1. The van der Waals surface area contributed by atoms with Crippen molar-refractivity contribution in [2.24, 2.45) is 0 Å². The number of methoxy groups -OCH3 is 2. The highest BCUT2D eigenvalue weighted by Crippen LogP contribution is 2.26. The van der Waals surface area contributed by atoms with Gasteiger partial charge in [-0.15, -0.1) is 0 Å². The Hall–Kier alpha value is -3.28. The largest absolute Gasteiger partial charge is 0.497 e. The summed E-state index contributed by atoms with van der Waals surface area (Å²) >= 11 is 0. The molecule has 0 bridgehead atoms. The highest BCUT2D eigenvalue weighted by Gasteiger charge is 2.18. The van der Waals surface area contributed by atoms with Gasteiger partial charge >= 0.3 is 5.97 Å². The number of pyridine rings is 1. The van der Waals surface area contributed by atoms with Crippen molar-refractivity contribution in [3.63, 3.8) is 0 Å².